The predicted molar refractivity (Wildman–Crippen MR) is 160 cm³/mol. The molecule has 1 unspecified atom stereocenters. The van der Waals surface area contributed by atoms with Gasteiger partial charge in [0.1, 0.15) is 6.26 Å². The minimum Gasteiger partial charge on any atom is -0.457 e. The standard InChI is InChI=1S/C32H37N5O5/c33-27-9-4-5-10-28(27)34-31(38)26-13-11-25(12-14-26)22-37(16-6-15-36-17-19-40-20-18-36)32(39)35-29-23-41-30(42-29)21-24-7-2-1-3-8-24/h1-5,7-14,23,30H,6,15-22,33H2,(H,34,38)(H,35,39). The summed E-state index contributed by atoms with van der Waals surface area (Å²) in [7, 11) is 0. The summed E-state index contributed by atoms with van der Waals surface area (Å²) in [5.41, 5.74) is 9.49. The second-order valence-electron chi connectivity index (χ2n) is 10.3. The monoisotopic (exact) mass is 571 g/mol. The first-order chi connectivity index (χ1) is 20.5. The van der Waals surface area contributed by atoms with Gasteiger partial charge < -0.3 is 30.2 Å². The number of morpholine rings is 1. The normalized spacial score (nSPS) is 16.6. The summed E-state index contributed by atoms with van der Waals surface area (Å²) in [6, 6.07) is 24.0. The number of hydrogen-bond acceptors (Lipinski definition) is 7. The summed E-state index contributed by atoms with van der Waals surface area (Å²) in [6.45, 7) is 5.03. The van der Waals surface area contributed by atoms with Gasteiger partial charge in [-0.25, -0.2) is 4.79 Å². The van der Waals surface area contributed by atoms with E-state index in [1.54, 1.807) is 29.2 Å². The lowest BCUT2D eigenvalue weighted by atomic mass is 10.1. The third kappa shape index (κ3) is 8.25. The van der Waals surface area contributed by atoms with E-state index in [0.29, 0.717) is 36.4 Å². The number of ether oxygens (including phenoxy) is 3. The second-order valence-corrected chi connectivity index (χ2v) is 10.3. The highest BCUT2D eigenvalue weighted by molar-refractivity contribution is 6.05. The van der Waals surface area contributed by atoms with Crippen LogP contribution in [0.5, 0.6) is 0 Å². The van der Waals surface area contributed by atoms with Crippen molar-refractivity contribution in [3.63, 3.8) is 0 Å². The van der Waals surface area contributed by atoms with Crippen molar-refractivity contribution in [1.82, 2.24) is 15.1 Å². The molecule has 42 heavy (non-hydrogen) atoms. The highest BCUT2D eigenvalue weighted by Gasteiger charge is 2.24. The van der Waals surface area contributed by atoms with E-state index in [4.69, 9.17) is 19.9 Å². The van der Waals surface area contributed by atoms with Crippen LogP contribution in [0.1, 0.15) is 27.9 Å². The molecular weight excluding hydrogens is 534 g/mol. The molecule has 0 bridgehead atoms. The van der Waals surface area contributed by atoms with Gasteiger partial charge in [-0.1, -0.05) is 54.6 Å². The average Bonchev–Trinajstić information content (AvgIpc) is 3.45. The molecule has 1 atom stereocenters. The van der Waals surface area contributed by atoms with Gasteiger partial charge in [0.15, 0.2) is 0 Å². The fourth-order valence-corrected chi connectivity index (χ4v) is 4.82. The Kier molecular flexibility index (Phi) is 9.92. The number of nitrogen functional groups attached to an aromatic ring is 1. The molecule has 2 aliphatic rings. The Morgan fingerprint density at radius 1 is 0.905 bits per heavy atom. The maximum Gasteiger partial charge on any atom is 0.324 e. The quantitative estimate of drug-likeness (QED) is 0.296. The molecule has 1 saturated heterocycles. The van der Waals surface area contributed by atoms with Gasteiger partial charge in [0.25, 0.3) is 5.91 Å². The van der Waals surface area contributed by atoms with Crippen molar-refractivity contribution < 1.29 is 23.8 Å². The summed E-state index contributed by atoms with van der Waals surface area (Å²) < 4.78 is 16.9. The van der Waals surface area contributed by atoms with E-state index in [1.165, 1.54) is 6.26 Å². The average molecular weight is 572 g/mol. The van der Waals surface area contributed by atoms with Gasteiger partial charge in [0.05, 0.1) is 24.6 Å². The minimum atomic E-state index is -0.498. The van der Waals surface area contributed by atoms with Crippen LogP contribution < -0.4 is 16.4 Å². The Labute approximate surface area is 246 Å². The molecule has 2 aliphatic heterocycles. The van der Waals surface area contributed by atoms with E-state index in [0.717, 1.165) is 50.4 Å². The molecule has 10 heteroatoms. The molecule has 3 aromatic rings. The molecular formula is C32H37N5O5. The SMILES string of the molecule is Nc1ccccc1NC(=O)c1ccc(CN(CCCN2CCOCC2)C(=O)NC2=COC(Cc3ccccc3)O2)cc1. The van der Waals surface area contributed by atoms with Crippen molar-refractivity contribution in [1.29, 1.82) is 0 Å². The Bertz CT molecular complexity index is 1360. The third-order valence-corrected chi connectivity index (χ3v) is 7.15. The molecule has 3 aromatic carbocycles. The minimum absolute atomic E-state index is 0.255. The van der Waals surface area contributed by atoms with Gasteiger partial charge in [-0.05, 0) is 41.8 Å². The number of para-hydroxylation sites is 2. The number of anilines is 2. The molecule has 0 aromatic heterocycles. The Morgan fingerprint density at radius 3 is 2.40 bits per heavy atom. The summed E-state index contributed by atoms with van der Waals surface area (Å²) >= 11 is 0. The van der Waals surface area contributed by atoms with Gasteiger partial charge in [0.2, 0.25) is 12.2 Å². The maximum absolute atomic E-state index is 13.4. The molecule has 4 N–H and O–H groups in total. The van der Waals surface area contributed by atoms with Crippen LogP contribution in [0.2, 0.25) is 0 Å². The summed E-state index contributed by atoms with van der Waals surface area (Å²) in [4.78, 5) is 30.2. The summed E-state index contributed by atoms with van der Waals surface area (Å²) in [5, 5.41) is 5.70. The molecule has 0 aliphatic carbocycles. The largest absolute Gasteiger partial charge is 0.457 e. The molecule has 0 radical (unpaired) electrons. The molecule has 3 amide bonds. The first kappa shape index (κ1) is 29.0. The van der Waals surface area contributed by atoms with Gasteiger partial charge >= 0.3 is 6.03 Å². The van der Waals surface area contributed by atoms with Gasteiger partial charge in [-0.2, -0.15) is 0 Å². The van der Waals surface area contributed by atoms with Crippen LogP contribution >= 0.6 is 0 Å². The van der Waals surface area contributed by atoms with Crippen molar-refractivity contribution in [3.05, 3.63) is 108 Å². The number of carbonyl (C=O) groups excluding carboxylic acids is 2. The van der Waals surface area contributed by atoms with E-state index in [2.05, 4.69) is 15.5 Å². The zero-order valence-corrected chi connectivity index (χ0v) is 23.5. The Hall–Kier alpha value is -4.54. The van der Waals surface area contributed by atoms with Crippen LogP contribution in [-0.2, 0) is 27.2 Å². The second kappa shape index (κ2) is 14.4. The topological polar surface area (TPSA) is 118 Å². The number of nitrogens with zero attached hydrogens (tertiary/aromatic N) is 2. The van der Waals surface area contributed by atoms with Gasteiger partial charge in [-0.15, -0.1) is 0 Å². The number of urea groups is 1. The number of amides is 3. The third-order valence-electron chi connectivity index (χ3n) is 7.15. The first-order valence-electron chi connectivity index (χ1n) is 14.2. The zero-order chi connectivity index (χ0) is 29.1. The molecule has 220 valence electrons. The van der Waals surface area contributed by atoms with Crippen LogP contribution in [-0.4, -0.2) is 67.4 Å². The number of carbonyl (C=O) groups is 2. The zero-order valence-electron chi connectivity index (χ0n) is 23.5. The Balaban J connectivity index is 1.19. The van der Waals surface area contributed by atoms with Gasteiger partial charge in [-0.3, -0.25) is 15.0 Å². The van der Waals surface area contributed by atoms with E-state index in [1.807, 2.05) is 54.6 Å². The van der Waals surface area contributed by atoms with Crippen molar-refractivity contribution in [2.75, 3.05) is 50.4 Å². The molecule has 0 saturated carbocycles. The van der Waals surface area contributed by atoms with E-state index < -0.39 is 6.29 Å². The van der Waals surface area contributed by atoms with Gasteiger partial charge in [0, 0.05) is 44.7 Å². The summed E-state index contributed by atoms with van der Waals surface area (Å²) in [5.74, 6) is 0.0289. The van der Waals surface area contributed by atoms with Crippen LogP contribution in [0.4, 0.5) is 16.2 Å². The summed E-state index contributed by atoms with van der Waals surface area (Å²) in [6.07, 6.45) is 2.32. The van der Waals surface area contributed by atoms with Crippen molar-refractivity contribution >= 4 is 23.3 Å². The highest BCUT2D eigenvalue weighted by Crippen LogP contribution is 2.19. The molecule has 1 fully saturated rings. The Morgan fingerprint density at radius 2 is 1.64 bits per heavy atom. The van der Waals surface area contributed by atoms with E-state index >= 15 is 0 Å². The van der Waals surface area contributed by atoms with Crippen molar-refractivity contribution in [2.45, 2.75) is 25.7 Å². The highest BCUT2D eigenvalue weighted by atomic mass is 16.7. The van der Waals surface area contributed by atoms with Crippen LogP contribution in [0.3, 0.4) is 0 Å². The van der Waals surface area contributed by atoms with Crippen molar-refractivity contribution in [2.24, 2.45) is 0 Å². The maximum atomic E-state index is 13.4. The lowest BCUT2D eigenvalue weighted by Crippen LogP contribution is -2.42. The smallest absolute Gasteiger partial charge is 0.324 e. The first-order valence-corrected chi connectivity index (χ1v) is 14.2. The number of hydrogen-bond donors (Lipinski definition) is 3. The van der Waals surface area contributed by atoms with Crippen LogP contribution in [0.15, 0.2) is 91.0 Å². The number of nitrogens with two attached hydrogens (primary N) is 1. The fraction of sp³-hybridized carbons (Fsp3) is 0.312. The van der Waals surface area contributed by atoms with Crippen LogP contribution in [0.25, 0.3) is 0 Å². The van der Waals surface area contributed by atoms with E-state index in [-0.39, 0.29) is 17.8 Å². The molecule has 5 rings (SSSR count). The van der Waals surface area contributed by atoms with E-state index in [9.17, 15) is 9.59 Å². The van der Waals surface area contributed by atoms with Crippen molar-refractivity contribution in [3.8, 4) is 0 Å². The lowest BCUT2D eigenvalue weighted by Gasteiger charge is -2.28. The molecule has 2 heterocycles. The van der Waals surface area contributed by atoms with Crippen LogP contribution in [0, 0.1) is 0 Å². The molecule has 0 spiro atoms. The number of benzene rings is 3. The number of nitrogens with one attached hydrogen (secondary N) is 2. The molecule has 10 nitrogen and oxygen atoms in total. The predicted octanol–water partition coefficient (Wildman–Crippen LogP) is 4.17. The lowest BCUT2D eigenvalue weighted by molar-refractivity contribution is -0.0330. The fourth-order valence-electron chi connectivity index (χ4n) is 4.82. The number of rotatable bonds is 11.